The van der Waals surface area contributed by atoms with Gasteiger partial charge in [-0.2, -0.15) is 0 Å². The number of carbonyl (C=O) groups excluding carboxylic acids is 2. The lowest BCUT2D eigenvalue weighted by atomic mass is 9.99. The average molecular weight is 370 g/mol. The zero-order chi connectivity index (χ0) is 19.7. The second kappa shape index (κ2) is 7.32. The molecule has 8 nitrogen and oxygen atoms in total. The Kier molecular flexibility index (Phi) is 5.09. The van der Waals surface area contributed by atoms with Crippen molar-refractivity contribution in [3.05, 3.63) is 53.0 Å². The van der Waals surface area contributed by atoms with Crippen molar-refractivity contribution in [1.82, 2.24) is 19.8 Å². The molecule has 8 heteroatoms. The summed E-state index contributed by atoms with van der Waals surface area (Å²) < 4.78 is 5.48. The summed E-state index contributed by atoms with van der Waals surface area (Å²) >= 11 is 0. The van der Waals surface area contributed by atoms with Crippen molar-refractivity contribution in [2.24, 2.45) is 0 Å². The van der Waals surface area contributed by atoms with Crippen LogP contribution in [0.25, 0.3) is 5.76 Å². The third-order valence-electron chi connectivity index (χ3n) is 4.50. The molecule has 2 aromatic heterocycles. The summed E-state index contributed by atoms with van der Waals surface area (Å²) in [6.07, 6.45) is 2.93. The van der Waals surface area contributed by atoms with Crippen LogP contribution in [-0.4, -0.2) is 63.7 Å². The van der Waals surface area contributed by atoms with Gasteiger partial charge in [0.05, 0.1) is 23.1 Å². The number of furan rings is 1. The van der Waals surface area contributed by atoms with Crippen LogP contribution in [0.5, 0.6) is 0 Å². The highest BCUT2D eigenvalue weighted by atomic mass is 16.3. The van der Waals surface area contributed by atoms with Crippen LogP contribution in [0.4, 0.5) is 0 Å². The number of likely N-dealkylation sites (N-methyl/N-ethyl adjacent to an activating group) is 1. The largest absolute Gasteiger partial charge is 0.507 e. The van der Waals surface area contributed by atoms with Gasteiger partial charge in [0, 0.05) is 19.3 Å². The molecule has 1 aliphatic rings. The fourth-order valence-corrected chi connectivity index (χ4v) is 3.12. The highest BCUT2D eigenvalue weighted by molar-refractivity contribution is 6.46. The van der Waals surface area contributed by atoms with Crippen molar-refractivity contribution in [3.8, 4) is 0 Å². The number of aryl methyl sites for hydroxylation is 2. The zero-order valence-electron chi connectivity index (χ0n) is 15.8. The number of carbonyl (C=O) groups is 2. The Morgan fingerprint density at radius 3 is 2.67 bits per heavy atom. The molecule has 0 radical (unpaired) electrons. The van der Waals surface area contributed by atoms with Crippen molar-refractivity contribution < 1.29 is 19.1 Å². The summed E-state index contributed by atoms with van der Waals surface area (Å²) in [5, 5.41) is 10.9. The summed E-state index contributed by atoms with van der Waals surface area (Å²) in [7, 11) is 3.76. The van der Waals surface area contributed by atoms with E-state index >= 15 is 0 Å². The number of likely N-dealkylation sites (tertiary alicyclic amines) is 1. The number of hydrogen-bond acceptors (Lipinski definition) is 7. The molecule has 1 saturated heterocycles. The molecule has 1 amide bonds. The molecule has 27 heavy (non-hydrogen) atoms. The first kappa shape index (κ1) is 18.8. The number of ketones is 1. The van der Waals surface area contributed by atoms with Gasteiger partial charge in [0.25, 0.3) is 11.7 Å². The predicted octanol–water partition coefficient (Wildman–Crippen LogP) is 1.67. The number of rotatable bonds is 5. The second-order valence-corrected chi connectivity index (χ2v) is 6.73. The van der Waals surface area contributed by atoms with Crippen LogP contribution in [0.1, 0.15) is 28.9 Å². The van der Waals surface area contributed by atoms with Crippen LogP contribution in [0.15, 0.2) is 34.6 Å². The first-order chi connectivity index (χ1) is 12.8. The van der Waals surface area contributed by atoms with Gasteiger partial charge in [-0.15, -0.1) is 0 Å². The molecule has 0 aromatic carbocycles. The van der Waals surface area contributed by atoms with E-state index in [4.69, 9.17) is 4.42 Å². The second-order valence-electron chi connectivity index (χ2n) is 6.73. The molecule has 1 unspecified atom stereocenters. The molecule has 1 aliphatic heterocycles. The molecule has 1 fully saturated rings. The molecule has 0 aliphatic carbocycles. The normalized spacial score (nSPS) is 19.3. The van der Waals surface area contributed by atoms with Crippen LogP contribution in [0.3, 0.4) is 0 Å². The Labute approximate surface area is 157 Å². The summed E-state index contributed by atoms with van der Waals surface area (Å²) in [6, 6.07) is 2.58. The SMILES string of the molecule is Cc1ncc(C(O)=C2C(=O)C(=O)N(CCN(C)C)C2c2ccco2)c(C)n1. The highest BCUT2D eigenvalue weighted by Gasteiger charge is 2.47. The molecule has 3 rings (SSSR count). The molecular weight excluding hydrogens is 348 g/mol. The molecule has 3 heterocycles. The van der Waals surface area contributed by atoms with Gasteiger partial charge in [-0.05, 0) is 40.1 Å². The van der Waals surface area contributed by atoms with Gasteiger partial charge in [-0.1, -0.05) is 0 Å². The van der Waals surface area contributed by atoms with E-state index < -0.39 is 17.7 Å². The van der Waals surface area contributed by atoms with Crippen LogP contribution < -0.4 is 0 Å². The minimum atomic E-state index is -0.791. The molecule has 0 spiro atoms. The Balaban J connectivity index is 2.13. The smallest absolute Gasteiger partial charge is 0.295 e. The lowest BCUT2D eigenvalue weighted by Gasteiger charge is -2.24. The van der Waals surface area contributed by atoms with Crippen LogP contribution in [-0.2, 0) is 9.59 Å². The zero-order valence-corrected chi connectivity index (χ0v) is 15.8. The highest BCUT2D eigenvalue weighted by Crippen LogP contribution is 2.39. The van der Waals surface area contributed by atoms with E-state index in [0.29, 0.717) is 35.9 Å². The number of nitrogens with zero attached hydrogens (tertiary/aromatic N) is 4. The van der Waals surface area contributed by atoms with Crippen molar-refractivity contribution >= 4 is 17.4 Å². The first-order valence-corrected chi connectivity index (χ1v) is 8.58. The molecule has 1 atom stereocenters. The number of aromatic nitrogens is 2. The van der Waals surface area contributed by atoms with Gasteiger partial charge in [-0.25, -0.2) is 9.97 Å². The van der Waals surface area contributed by atoms with E-state index in [1.165, 1.54) is 17.4 Å². The third-order valence-corrected chi connectivity index (χ3v) is 4.50. The Bertz CT molecular complexity index is 902. The van der Waals surface area contributed by atoms with Gasteiger partial charge >= 0.3 is 0 Å². The number of hydrogen-bond donors (Lipinski definition) is 1. The molecule has 0 saturated carbocycles. The van der Waals surface area contributed by atoms with Crippen molar-refractivity contribution in [2.75, 3.05) is 27.2 Å². The fourth-order valence-electron chi connectivity index (χ4n) is 3.12. The Hall–Kier alpha value is -3.00. The molecule has 1 N–H and O–H groups in total. The Morgan fingerprint density at radius 2 is 2.07 bits per heavy atom. The monoisotopic (exact) mass is 370 g/mol. The topological polar surface area (TPSA) is 99.8 Å². The van der Waals surface area contributed by atoms with E-state index in [1.54, 1.807) is 26.0 Å². The predicted molar refractivity (Wildman–Crippen MR) is 97.8 cm³/mol. The third kappa shape index (κ3) is 3.48. The maximum atomic E-state index is 12.8. The van der Waals surface area contributed by atoms with Crippen molar-refractivity contribution in [3.63, 3.8) is 0 Å². The number of amides is 1. The lowest BCUT2D eigenvalue weighted by Crippen LogP contribution is -2.35. The van der Waals surface area contributed by atoms with Crippen LogP contribution in [0, 0.1) is 13.8 Å². The fraction of sp³-hybridized carbons (Fsp3) is 0.368. The maximum absolute atomic E-state index is 12.8. The van der Waals surface area contributed by atoms with Gasteiger partial charge < -0.3 is 19.3 Å². The lowest BCUT2D eigenvalue weighted by molar-refractivity contribution is -0.140. The van der Waals surface area contributed by atoms with E-state index in [9.17, 15) is 14.7 Å². The minimum absolute atomic E-state index is 0.00995. The van der Waals surface area contributed by atoms with E-state index in [0.717, 1.165) is 0 Å². The van der Waals surface area contributed by atoms with Gasteiger partial charge in [0.1, 0.15) is 23.4 Å². The van der Waals surface area contributed by atoms with Gasteiger partial charge in [-0.3, -0.25) is 9.59 Å². The van der Waals surface area contributed by atoms with Crippen LogP contribution in [0.2, 0.25) is 0 Å². The molecule has 0 bridgehead atoms. The molecular formula is C19H22N4O4. The summed E-state index contributed by atoms with van der Waals surface area (Å²) in [4.78, 5) is 37.1. The Morgan fingerprint density at radius 1 is 1.33 bits per heavy atom. The van der Waals surface area contributed by atoms with Gasteiger partial charge in [0.2, 0.25) is 0 Å². The average Bonchev–Trinajstić information content (AvgIpc) is 3.20. The summed E-state index contributed by atoms with van der Waals surface area (Å²) in [6.45, 7) is 4.34. The number of aliphatic hydroxyl groups is 1. The summed E-state index contributed by atoms with van der Waals surface area (Å²) in [5.41, 5.74) is 0.838. The number of Topliss-reactive ketones (excluding diaryl/α,β-unsaturated/α-hetero) is 1. The summed E-state index contributed by atoms with van der Waals surface area (Å²) in [5.74, 6) is -0.726. The quantitative estimate of drug-likeness (QED) is 0.485. The van der Waals surface area contributed by atoms with E-state index in [2.05, 4.69) is 9.97 Å². The first-order valence-electron chi connectivity index (χ1n) is 8.58. The van der Waals surface area contributed by atoms with Crippen molar-refractivity contribution in [2.45, 2.75) is 19.9 Å². The minimum Gasteiger partial charge on any atom is -0.507 e. The molecule has 142 valence electrons. The standard InChI is InChI=1S/C19H22N4O4/c1-11-13(10-20-12(2)21-11)17(24)15-16(14-6-5-9-27-14)23(8-7-22(3)4)19(26)18(15)25/h5-6,9-10,16,24H,7-8H2,1-4H3. The number of aliphatic hydroxyl groups excluding tert-OH is 1. The van der Waals surface area contributed by atoms with Crippen molar-refractivity contribution in [1.29, 1.82) is 0 Å². The van der Waals surface area contributed by atoms with Crippen LogP contribution >= 0.6 is 0 Å². The van der Waals surface area contributed by atoms with E-state index in [-0.39, 0.29) is 11.3 Å². The molecule has 2 aromatic rings. The van der Waals surface area contributed by atoms with E-state index in [1.807, 2.05) is 19.0 Å². The maximum Gasteiger partial charge on any atom is 0.295 e. The van der Waals surface area contributed by atoms with Gasteiger partial charge in [0.15, 0.2) is 0 Å².